The molecule has 0 bridgehead atoms. The lowest BCUT2D eigenvalue weighted by Gasteiger charge is -2.39. The first kappa shape index (κ1) is 14.8. The zero-order chi connectivity index (χ0) is 13.9. The first-order chi connectivity index (χ1) is 9.03. The van der Waals surface area contributed by atoms with Gasteiger partial charge in [-0.2, -0.15) is 0 Å². The highest BCUT2D eigenvalue weighted by Gasteiger charge is 2.33. The van der Waals surface area contributed by atoms with E-state index in [1.54, 1.807) is 0 Å². The summed E-state index contributed by atoms with van der Waals surface area (Å²) < 4.78 is 0. The van der Waals surface area contributed by atoms with E-state index in [0.717, 1.165) is 38.1 Å². The second-order valence-corrected chi connectivity index (χ2v) is 7.05. The molecular formula is C16H30N2O. The Morgan fingerprint density at radius 1 is 1.21 bits per heavy atom. The van der Waals surface area contributed by atoms with Crippen LogP contribution >= 0.6 is 0 Å². The number of carbonyl (C=O) groups is 1. The van der Waals surface area contributed by atoms with Crippen LogP contribution in [-0.2, 0) is 4.79 Å². The molecule has 2 rings (SSSR count). The van der Waals surface area contributed by atoms with Gasteiger partial charge in [-0.25, -0.2) is 0 Å². The Morgan fingerprint density at radius 3 is 2.42 bits per heavy atom. The number of amides is 1. The summed E-state index contributed by atoms with van der Waals surface area (Å²) in [5.41, 5.74) is 0.460. The maximum Gasteiger partial charge on any atom is 0.237 e. The first-order valence-electron chi connectivity index (χ1n) is 8.06. The van der Waals surface area contributed by atoms with Gasteiger partial charge in [-0.3, -0.25) is 4.79 Å². The molecule has 0 aromatic carbocycles. The van der Waals surface area contributed by atoms with Crippen LogP contribution in [0.3, 0.4) is 0 Å². The SMILES string of the molecule is CCC(C)(C)C1CCC(NC(=O)[C@H]2CCCN2)CC1. The molecular weight excluding hydrogens is 236 g/mol. The zero-order valence-corrected chi connectivity index (χ0v) is 12.8. The second kappa shape index (κ2) is 6.25. The molecule has 0 aromatic heterocycles. The summed E-state index contributed by atoms with van der Waals surface area (Å²) in [6.45, 7) is 8.06. The van der Waals surface area contributed by atoms with Crippen molar-refractivity contribution in [3.63, 3.8) is 0 Å². The normalized spacial score (nSPS) is 32.3. The maximum absolute atomic E-state index is 12.1. The molecule has 0 unspecified atom stereocenters. The van der Waals surface area contributed by atoms with Crippen molar-refractivity contribution < 1.29 is 4.79 Å². The van der Waals surface area contributed by atoms with Crippen LogP contribution in [0.1, 0.15) is 65.7 Å². The monoisotopic (exact) mass is 266 g/mol. The summed E-state index contributed by atoms with van der Waals surface area (Å²) >= 11 is 0. The van der Waals surface area contributed by atoms with Gasteiger partial charge in [0.25, 0.3) is 0 Å². The molecule has 1 aliphatic carbocycles. The van der Waals surface area contributed by atoms with Crippen molar-refractivity contribution in [1.29, 1.82) is 0 Å². The topological polar surface area (TPSA) is 41.1 Å². The third-order valence-electron chi connectivity index (χ3n) is 5.47. The van der Waals surface area contributed by atoms with Gasteiger partial charge >= 0.3 is 0 Å². The molecule has 1 heterocycles. The summed E-state index contributed by atoms with van der Waals surface area (Å²) in [4.78, 5) is 12.1. The van der Waals surface area contributed by atoms with Gasteiger partial charge in [0.2, 0.25) is 5.91 Å². The number of hydrogen-bond acceptors (Lipinski definition) is 2. The Hall–Kier alpha value is -0.570. The number of hydrogen-bond donors (Lipinski definition) is 2. The van der Waals surface area contributed by atoms with Crippen molar-refractivity contribution >= 4 is 5.91 Å². The summed E-state index contributed by atoms with van der Waals surface area (Å²) in [7, 11) is 0. The van der Waals surface area contributed by atoms with E-state index < -0.39 is 0 Å². The molecule has 0 aromatic rings. The molecule has 2 N–H and O–H groups in total. The van der Waals surface area contributed by atoms with Crippen LogP contribution in [0.4, 0.5) is 0 Å². The predicted octanol–water partition coefficient (Wildman–Crippen LogP) is 2.85. The smallest absolute Gasteiger partial charge is 0.237 e. The lowest BCUT2D eigenvalue weighted by molar-refractivity contribution is -0.123. The number of nitrogens with one attached hydrogen (secondary N) is 2. The Balaban J connectivity index is 1.75. The van der Waals surface area contributed by atoms with Gasteiger partial charge in [0.15, 0.2) is 0 Å². The highest BCUT2D eigenvalue weighted by molar-refractivity contribution is 5.82. The Kier molecular flexibility index (Phi) is 4.88. The molecule has 19 heavy (non-hydrogen) atoms. The minimum atomic E-state index is 0.0739. The third-order valence-corrected chi connectivity index (χ3v) is 5.47. The average molecular weight is 266 g/mol. The summed E-state index contributed by atoms with van der Waals surface area (Å²) in [5, 5.41) is 6.53. The molecule has 1 saturated carbocycles. The van der Waals surface area contributed by atoms with Crippen molar-refractivity contribution in [1.82, 2.24) is 10.6 Å². The van der Waals surface area contributed by atoms with Crippen molar-refractivity contribution in [2.24, 2.45) is 11.3 Å². The van der Waals surface area contributed by atoms with E-state index in [0.29, 0.717) is 11.5 Å². The molecule has 2 aliphatic rings. The Labute approximate surface area is 117 Å². The van der Waals surface area contributed by atoms with Gasteiger partial charge in [-0.05, 0) is 56.4 Å². The molecule has 3 nitrogen and oxygen atoms in total. The average Bonchev–Trinajstić information content (AvgIpc) is 2.93. The van der Waals surface area contributed by atoms with E-state index in [1.807, 2.05) is 0 Å². The van der Waals surface area contributed by atoms with Crippen molar-refractivity contribution in [2.75, 3.05) is 6.54 Å². The van der Waals surface area contributed by atoms with E-state index in [-0.39, 0.29) is 11.9 Å². The van der Waals surface area contributed by atoms with E-state index >= 15 is 0 Å². The van der Waals surface area contributed by atoms with E-state index in [4.69, 9.17) is 0 Å². The quantitative estimate of drug-likeness (QED) is 0.821. The summed E-state index contributed by atoms with van der Waals surface area (Å²) in [6.07, 6.45) is 8.24. The molecule has 3 heteroatoms. The molecule has 1 saturated heterocycles. The summed E-state index contributed by atoms with van der Waals surface area (Å²) in [5.74, 6) is 1.06. The van der Waals surface area contributed by atoms with E-state index in [1.165, 1.54) is 19.3 Å². The highest BCUT2D eigenvalue weighted by atomic mass is 16.2. The van der Waals surface area contributed by atoms with Crippen LogP contribution in [0.2, 0.25) is 0 Å². The number of carbonyl (C=O) groups excluding carboxylic acids is 1. The molecule has 1 amide bonds. The van der Waals surface area contributed by atoms with Crippen molar-refractivity contribution in [2.45, 2.75) is 77.8 Å². The molecule has 1 atom stereocenters. The molecule has 0 spiro atoms. The van der Waals surface area contributed by atoms with Gasteiger partial charge < -0.3 is 10.6 Å². The van der Waals surface area contributed by atoms with Gasteiger partial charge in [0.05, 0.1) is 6.04 Å². The number of rotatable bonds is 4. The van der Waals surface area contributed by atoms with Crippen molar-refractivity contribution in [3.8, 4) is 0 Å². The molecule has 1 aliphatic heterocycles. The van der Waals surface area contributed by atoms with E-state index in [2.05, 4.69) is 31.4 Å². The van der Waals surface area contributed by atoms with Gasteiger partial charge in [0, 0.05) is 6.04 Å². The Bertz CT molecular complexity index is 300. The lowest BCUT2D eigenvalue weighted by atomic mass is 9.69. The fourth-order valence-corrected chi connectivity index (χ4v) is 3.52. The minimum Gasteiger partial charge on any atom is -0.352 e. The van der Waals surface area contributed by atoms with Gasteiger partial charge in [-0.1, -0.05) is 27.2 Å². The fraction of sp³-hybridized carbons (Fsp3) is 0.938. The highest BCUT2D eigenvalue weighted by Crippen LogP contribution is 2.40. The van der Waals surface area contributed by atoms with Crippen molar-refractivity contribution in [3.05, 3.63) is 0 Å². The largest absolute Gasteiger partial charge is 0.352 e. The van der Waals surface area contributed by atoms with Gasteiger partial charge in [0.1, 0.15) is 0 Å². The van der Waals surface area contributed by atoms with Crippen LogP contribution in [0.5, 0.6) is 0 Å². The lowest BCUT2D eigenvalue weighted by Crippen LogP contribution is -2.46. The first-order valence-corrected chi connectivity index (χ1v) is 8.06. The van der Waals surface area contributed by atoms with Crippen LogP contribution in [0.15, 0.2) is 0 Å². The van der Waals surface area contributed by atoms with Crippen LogP contribution in [-0.4, -0.2) is 24.5 Å². The van der Waals surface area contributed by atoms with Crippen LogP contribution in [0.25, 0.3) is 0 Å². The minimum absolute atomic E-state index is 0.0739. The van der Waals surface area contributed by atoms with Crippen LogP contribution < -0.4 is 10.6 Å². The standard InChI is InChI=1S/C16H30N2O/c1-4-16(2,3)12-7-9-13(10-8-12)18-15(19)14-6-5-11-17-14/h12-14,17H,4-11H2,1-3H3,(H,18,19)/t12?,13?,14-/m1/s1. The van der Waals surface area contributed by atoms with Crippen LogP contribution in [0, 0.1) is 11.3 Å². The maximum atomic E-state index is 12.1. The van der Waals surface area contributed by atoms with Gasteiger partial charge in [-0.15, -0.1) is 0 Å². The third kappa shape index (κ3) is 3.71. The van der Waals surface area contributed by atoms with E-state index in [9.17, 15) is 4.79 Å². The fourth-order valence-electron chi connectivity index (χ4n) is 3.52. The zero-order valence-electron chi connectivity index (χ0n) is 12.8. The second-order valence-electron chi connectivity index (χ2n) is 7.05. The Morgan fingerprint density at radius 2 is 1.89 bits per heavy atom. The predicted molar refractivity (Wildman–Crippen MR) is 79.0 cm³/mol. The molecule has 2 fully saturated rings. The molecule has 0 radical (unpaired) electrons. The molecule has 110 valence electrons. The summed E-state index contributed by atoms with van der Waals surface area (Å²) in [6, 6.07) is 0.489.